The van der Waals surface area contributed by atoms with Gasteiger partial charge in [0.2, 0.25) is 0 Å². The molecule has 0 saturated heterocycles. The Balaban J connectivity index is 2.40. The van der Waals surface area contributed by atoms with Gasteiger partial charge in [0.05, 0.1) is 5.69 Å². The van der Waals surface area contributed by atoms with Crippen LogP contribution in [-0.4, -0.2) is 29.9 Å². The highest BCUT2D eigenvalue weighted by atomic mass is 32.2. The van der Waals surface area contributed by atoms with Crippen LogP contribution in [0.5, 0.6) is 0 Å². The van der Waals surface area contributed by atoms with Crippen LogP contribution in [0.2, 0.25) is 0 Å². The van der Waals surface area contributed by atoms with Crippen molar-refractivity contribution in [3.63, 3.8) is 0 Å². The zero-order valence-corrected chi connectivity index (χ0v) is 8.92. The van der Waals surface area contributed by atoms with Gasteiger partial charge in [-0.15, -0.1) is 11.8 Å². The van der Waals surface area contributed by atoms with E-state index in [4.69, 9.17) is 5.11 Å². The van der Waals surface area contributed by atoms with E-state index in [9.17, 15) is 9.18 Å². The molecule has 0 amide bonds. The quantitative estimate of drug-likeness (QED) is 0.794. The normalized spacial score (nSPS) is 19.9. The van der Waals surface area contributed by atoms with Crippen molar-refractivity contribution in [3.8, 4) is 0 Å². The van der Waals surface area contributed by atoms with E-state index in [0.717, 1.165) is 0 Å². The summed E-state index contributed by atoms with van der Waals surface area (Å²) in [7, 11) is 1.71. The Bertz CT molecular complexity index is 410. The summed E-state index contributed by atoms with van der Waals surface area (Å²) in [4.78, 5) is 13.2. The molecule has 1 aliphatic heterocycles. The SMILES string of the molecule is CN1CC(C(=O)O)Sc2cccc(F)c21. The zero-order chi connectivity index (χ0) is 11.0. The van der Waals surface area contributed by atoms with E-state index in [-0.39, 0.29) is 5.82 Å². The summed E-state index contributed by atoms with van der Waals surface area (Å²) in [5.41, 5.74) is 0.500. The third kappa shape index (κ3) is 1.79. The molecular formula is C10H10FNO2S. The van der Waals surface area contributed by atoms with Crippen LogP contribution in [0.1, 0.15) is 0 Å². The van der Waals surface area contributed by atoms with Crippen molar-refractivity contribution in [1.82, 2.24) is 0 Å². The summed E-state index contributed by atoms with van der Waals surface area (Å²) in [6, 6.07) is 4.73. The Hall–Kier alpha value is -1.23. The molecule has 15 heavy (non-hydrogen) atoms. The summed E-state index contributed by atoms with van der Waals surface area (Å²) < 4.78 is 13.4. The number of hydrogen-bond donors (Lipinski definition) is 1. The monoisotopic (exact) mass is 227 g/mol. The minimum absolute atomic E-state index is 0.300. The first kappa shape index (κ1) is 10.3. The molecule has 0 radical (unpaired) electrons. The van der Waals surface area contributed by atoms with Crippen LogP contribution in [0.4, 0.5) is 10.1 Å². The number of anilines is 1. The maximum atomic E-state index is 13.4. The number of aliphatic carboxylic acids is 1. The lowest BCUT2D eigenvalue weighted by molar-refractivity contribution is -0.136. The van der Waals surface area contributed by atoms with E-state index in [0.29, 0.717) is 17.1 Å². The van der Waals surface area contributed by atoms with Gasteiger partial charge in [-0.2, -0.15) is 0 Å². The van der Waals surface area contributed by atoms with Gasteiger partial charge >= 0.3 is 5.97 Å². The van der Waals surface area contributed by atoms with Crippen LogP contribution in [-0.2, 0) is 4.79 Å². The molecule has 2 rings (SSSR count). The molecule has 0 aromatic heterocycles. The number of carbonyl (C=O) groups is 1. The summed E-state index contributed by atoms with van der Waals surface area (Å²) in [5, 5.41) is 8.39. The predicted molar refractivity (Wildman–Crippen MR) is 57.0 cm³/mol. The number of rotatable bonds is 1. The molecule has 1 atom stereocenters. The lowest BCUT2D eigenvalue weighted by atomic mass is 10.2. The van der Waals surface area contributed by atoms with E-state index >= 15 is 0 Å². The van der Waals surface area contributed by atoms with E-state index in [1.165, 1.54) is 17.8 Å². The van der Waals surface area contributed by atoms with Crippen molar-refractivity contribution in [3.05, 3.63) is 24.0 Å². The van der Waals surface area contributed by atoms with Crippen molar-refractivity contribution >= 4 is 23.4 Å². The lowest BCUT2D eigenvalue weighted by Crippen LogP contribution is -2.36. The van der Waals surface area contributed by atoms with Gasteiger partial charge in [-0.25, -0.2) is 4.39 Å². The molecule has 0 bridgehead atoms. The Morgan fingerprint density at radius 1 is 1.67 bits per heavy atom. The van der Waals surface area contributed by atoms with Crippen molar-refractivity contribution in [2.24, 2.45) is 0 Å². The summed E-state index contributed by atoms with van der Waals surface area (Å²) in [5.74, 6) is -1.16. The molecule has 0 saturated carbocycles. The van der Waals surface area contributed by atoms with Gasteiger partial charge < -0.3 is 10.0 Å². The topological polar surface area (TPSA) is 40.5 Å². The van der Waals surface area contributed by atoms with Crippen molar-refractivity contribution in [1.29, 1.82) is 0 Å². The van der Waals surface area contributed by atoms with E-state index in [1.54, 1.807) is 24.1 Å². The van der Waals surface area contributed by atoms with Gasteiger partial charge in [-0.05, 0) is 12.1 Å². The van der Waals surface area contributed by atoms with Gasteiger partial charge in [0.15, 0.2) is 0 Å². The van der Waals surface area contributed by atoms with Gasteiger partial charge in [0.1, 0.15) is 11.1 Å². The van der Waals surface area contributed by atoms with Crippen molar-refractivity contribution < 1.29 is 14.3 Å². The standard InChI is InChI=1S/C10H10FNO2S/c1-12-5-8(10(13)14)15-7-4-2-3-6(11)9(7)12/h2-4,8H,5H2,1H3,(H,13,14). The van der Waals surface area contributed by atoms with Crippen LogP contribution >= 0.6 is 11.8 Å². The van der Waals surface area contributed by atoms with E-state index in [2.05, 4.69) is 0 Å². The van der Waals surface area contributed by atoms with Gasteiger partial charge in [-0.3, -0.25) is 4.79 Å². The zero-order valence-electron chi connectivity index (χ0n) is 8.11. The minimum Gasteiger partial charge on any atom is -0.480 e. The molecule has 0 aliphatic carbocycles. The Morgan fingerprint density at radius 3 is 3.07 bits per heavy atom. The second-order valence-electron chi connectivity index (χ2n) is 3.41. The molecule has 1 aliphatic rings. The number of nitrogens with zero attached hydrogens (tertiary/aromatic N) is 1. The number of fused-ring (bicyclic) bond motifs is 1. The van der Waals surface area contributed by atoms with Gasteiger partial charge in [-0.1, -0.05) is 6.07 Å². The molecule has 5 heteroatoms. The average Bonchev–Trinajstić information content (AvgIpc) is 2.17. The third-order valence-corrected chi connectivity index (χ3v) is 3.53. The first-order valence-corrected chi connectivity index (χ1v) is 5.36. The highest BCUT2D eigenvalue weighted by Crippen LogP contribution is 2.39. The molecule has 1 N–H and O–H groups in total. The fourth-order valence-corrected chi connectivity index (χ4v) is 2.85. The summed E-state index contributed by atoms with van der Waals surface area (Å²) >= 11 is 1.20. The molecule has 1 heterocycles. The van der Waals surface area contributed by atoms with Crippen LogP contribution in [0, 0.1) is 5.82 Å². The van der Waals surface area contributed by atoms with Crippen molar-refractivity contribution in [2.45, 2.75) is 10.1 Å². The number of para-hydroxylation sites is 1. The summed E-state index contributed by atoms with van der Waals surface area (Å²) in [6.07, 6.45) is 0. The maximum Gasteiger partial charge on any atom is 0.318 e. The second-order valence-corrected chi connectivity index (χ2v) is 4.66. The van der Waals surface area contributed by atoms with Crippen LogP contribution < -0.4 is 4.90 Å². The number of halogens is 1. The van der Waals surface area contributed by atoms with Crippen LogP contribution in [0.15, 0.2) is 23.1 Å². The summed E-state index contributed by atoms with van der Waals surface area (Å²) in [6.45, 7) is 0.327. The molecule has 1 unspecified atom stereocenters. The third-order valence-electron chi connectivity index (χ3n) is 2.32. The van der Waals surface area contributed by atoms with Crippen LogP contribution in [0.25, 0.3) is 0 Å². The predicted octanol–water partition coefficient (Wildman–Crippen LogP) is 1.82. The van der Waals surface area contributed by atoms with Crippen molar-refractivity contribution in [2.75, 3.05) is 18.5 Å². The van der Waals surface area contributed by atoms with E-state index < -0.39 is 11.2 Å². The van der Waals surface area contributed by atoms with Crippen LogP contribution in [0.3, 0.4) is 0 Å². The number of thioether (sulfide) groups is 1. The van der Waals surface area contributed by atoms with E-state index in [1.807, 2.05) is 0 Å². The molecule has 0 fully saturated rings. The Kier molecular flexibility index (Phi) is 2.56. The molecule has 0 spiro atoms. The second kappa shape index (κ2) is 3.73. The maximum absolute atomic E-state index is 13.4. The fourth-order valence-electron chi connectivity index (χ4n) is 1.62. The molecule has 1 aromatic rings. The van der Waals surface area contributed by atoms with Gasteiger partial charge in [0, 0.05) is 18.5 Å². The smallest absolute Gasteiger partial charge is 0.318 e. The lowest BCUT2D eigenvalue weighted by Gasteiger charge is -2.30. The highest BCUT2D eigenvalue weighted by Gasteiger charge is 2.29. The number of hydrogen-bond acceptors (Lipinski definition) is 3. The number of benzene rings is 1. The first-order valence-electron chi connectivity index (χ1n) is 4.48. The average molecular weight is 227 g/mol. The Labute approximate surface area is 90.9 Å². The first-order chi connectivity index (χ1) is 7.09. The number of carboxylic acids is 1. The fraction of sp³-hybridized carbons (Fsp3) is 0.300. The molecular weight excluding hydrogens is 217 g/mol. The number of carboxylic acid groups (broad SMARTS) is 1. The minimum atomic E-state index is -0.859. The Morgan fingerprint density at radius 2 is 2.40 bits per heavy atom. The largest absolute Gasteiger partial charge is 0.480 e. The molecule has 3 nitrogen and oxygen atoms in total. The van der Waals surface area contributed by atoms with Gasteiger partial charge in [0.25, 0.3) is 0 Å². The molecule has 80 valence electrons. The highest BCUT2D eigenvalue weighted by molar-refractivity contribution is 8.00. The molecule has 1 aromatic carbocycles.